The van der Waals surface area contributed by atoms with Crippen LogP contribution in [0.4, 0.5) is 11.4 Å². The van der Waals surface area contributed by atoms with Crippen molar-refractivity contribution in [3.63, 3.8) is 0 Å². The van der Waals surface area contributed by atoms with E-state index in [2.05, 4.69) is 51.4 Å². The fraction of sp³-hybridized carbons (Fsp3) is 0.333. The van der Waals surface area contributed by atoms with Crippen LogP contribution in [0.3, 0.4) is 0 Å². The molecule has 3 rings (SSSR count). The van der Waals surface area contributed by atoms with Crippen LogP contribution in [0, 0.1) is 13.8 Å². The van der Waals surface area contributed by atoms with Gasteiger partial charge in [0.25, 0.3) is 0 Å². The largest absolute Gasteiger partial charge is 2.00 e. The second kappa shape index (κ2) is 17.7. The van der Waals surface area contributed by atoms with E-state index in [1.54, 1.807) is 19.5 Å². The van der Waals surface area contributed by atoms with Crippen molar-refractivity contribution in [1.82, 2.24) is 0 Å². The van der Waals surface area contributed by atoms with Gasteiger partial charge in [0.2, 0.25) is 0 Å². The Bertz CT molecular complexity index is 1520. The number of carbonyl (C=O) groups excluding carboxylic acids is 2. The number of ether oxygens (including phenoxy) is 1. The Morgan fingerprint density at radius 2 is 1.07 bits per heavy atom. The first kappa shape index (κ1) is 41.3. The van der Waals surface area contributed by atoms with E-state index in [-0.39, 0.29) is 28.3 Å². The van der Waals surface area contributed by atoms with Crippen LogP contribution in [0.5, 0.6) is 17.2 Å². The zero-order chi connectivity index (χ0) is 34.0. The molecule has 2 N–H and O–H groups in total. The van der Waals surface area contributed by atoms with Crippen molar-refractivity contribution in [1.29, 1.82) is 0 Å². The van der Waals surface area contributed by atoms with Crippen molar-refractivity contribution < 1.29 is 51.5 Å². The van der Waals surface area contributed by atoms with E-state index in [0.29, 0.717) is 28.3 Å². The van der Waals surface area contributed by atoms with Crippen LogP contribution in [-0.2, 0) is 26.4 Å². The summed E-state index contributed by atoms with van der Waals surface area (Å²) in [6, 6.07) is 13.7. The summed E-state index contributed by atoms with van der Waals surface area (Å²) >= 11 is 0. The third-order valence-corrected chi connectivity index (χ3v) is 10.3. The molecule has 0 heterocycles. The predicted molar refractivity (Wildman–Crippen MR) is 181 cm³/mol. The second-order valence-electron chi connectivity index (χ2n) is 12.3. The maximum absolute atomic E-state index is 10.7. The van der Waals surface area contributed by atoms with Crippen molar-refractivity contribution in [2.75, 3.05) is 7.11 Å². The molecule has 0 aliphatic heterocycles. The summed E-state index contributed by atoms with van der Waals surface area (Å²) in [5.74, 6) is -1.03. The predicted octanol–water partition coefficient (Wildman–Crippen LogP) is 3.82. The Kier molecular flexibility index (Phi) is 16.2. The normalized spacial score (nSPS) is 11.2. The Morgan fingerprint density at radius 3 is 1.40 bits per heavy atom. The summed E-state index contributed by atoms with van der Waals surface area (Å²) < 4.78 is 5.41. The summed E-state index contributed by atoms with van der Waals surface area (Å²) in [6.45, 7) is 19.5. The van der Waals surface area contributed by atoms with Crippen molar-refractivity contribution in [3.05, 3.63) is 64.7 Å². The number of phenols is 2. The molecule has 45 heavy (non-hydrogen) atoms. The average molecular weight is 696 g/mol. The summed E-state index contributed by atoms with van der Waals surface area (Å²) in [4.78, 5) is 27.2. The molecule has 0 saturated heterocycles. The Hall–Kier alpha value is -3.72. The molecular formula is C33H44CoN2O7Si2. The molecule has 0 spiro atoms. The molecule has 0 unspecified atom stereocenters. The van der Waals surface area contributed by atoms with E-state index in [1.807, 2.05) is 44.2 Å². The number of methoxy groups -OCH3 is 1. The molecule has 0 fully saturated rings. The number of aromatic hydroxyl groups is 2. The fourth-order valence-corrected chi connectivity index (χ4v) is 6.27. The van der Waals surface area contributed by atoms with Crippen LogP contribution in [-0.4, -0.2) is 57.8 Å². The number of carboxylic acid groups (broad SMARTS) is 2. The van der Waals surface area contributed by atoms with E-state index in [9.17, 15) is 10.2 Å². The van der Waals surface area contributed by atoms with Gasteiger partial charge in [-0.1, -0.05) is 73.9 Å². The number of carboxylic acids is 2. The van der Waals surface area contributed by atoms with Crippen molar-refractivity contribution in [2.45, 2.75) is 67.0 Å². The number of hydrogen-bond donors (Lipinski definition) is 2. The monoisotopic (exact) mass is 695 g/mol. The Labute approximate surface area is 279 Å². The van der Waals surface area contributed by atoms with Gasteiger partial charge in [0, 0.05) is 41.6 Å². The third kappa shape index (κ3) is 13.9. The van der Waals surface area contributed by atoms with E-state index in [0.717, 1.165) is 25.0 Å². The summed E-state index contributed by atoms with van der Waals surface area (Å²) in [7, 11) is -1.52. The van der Waals surface area contributed by atoms with E-state index < -0.39 is 28.1 Å². The summed E-state index contributed by atoms with van der Waals surface area (Å²) in [5.41, 5.74) is 4.31. The standard InChI is InChI=1S/C29H38N2O3Si2.2C2H4O2.Co/c1-19-12-24(35(4,5)6)14-21(28(19)32)17-30-26-11-10-23(34-3)16-27(26)31-18-22-15-25(36(7,8)9)13-20(2)29(22)33;2*1-2(3)4;/h10-18,32-33H,1-9H3;2*1H3,(H,3,4);/q;;;+2/p-2. The van der Waals surface area contributed by atoms with Crippen LogP contribution in [0.2, 0.25) is 39.3 Å². The maximum atomic E-state index is 10.7. The number of aryl methyl sites for hydroxylation is 2. The first-order chi connectivity index (χ1) is 20.2. The smallest absolute Gasteiger partial charge is 0.550 e. The van der Waals surface area contributed by atoms with E-state index >= 15 is 0 Å². The molecule has 0 saturated carbocycles. The van der Waals surface area contributed by atoms with Gasteiger partial charge in [-0.2, -0.15) is 0 Å². The quantitative estimate of drug-likeness (QED) is 0.281. The van der Waals surface area contributed by atoms with Crippen molar-refractivity contribution >= 4 is 62.3 Å². The molecule has 9 nitrogen and oxygen atoms in total. The SMILES string of the molecule is CC(=O)[O-].CC(=O)[O-].COc1ccc(N=Cc2cc([Si](C)(C)C)cc(C)c2O)c(N=Cc2cc([Si](C)(C)C)cc(C)c2O)c1.[Co+2]. The Balaban J connectivity index is 0.00000192. The minimum Gasteiger partial charge on any atom is -0.550 e. The molecule has 3 aromatic carbocycles. The van der Waals surface area contributed by atoms with Gasteiger partial charge in [0.05, 0.1) is 34.6 Å². The number of phenolic OH excluding ortho intramolecular Hbond substituents is 2. The third-order valence-electron chi connectivity index (χ3n) is 6.26. The number of aliphatic carboxylic acids is 2. The van der Waals surface area contributed by atoms with Crippen LogP contribution in [0.25, 0.3) is 0 Å². The number of benzene rings is 3. The van der Waals surface area contributed by atoms with Gasteiger partial charge in [-0.25, -0.2) is 0 Å². The molecule has 0 aliphatic carbocycles. The number of nitrogens with zero attached hydrogens (tertiary/aromatic N) is 2. The second-order valence-corrected chi connectivity index (χ2v) is 22.5. The molecule has 12 heteroatoms. The van der Waals surface area contributed by atoms with Crippen molar-refractivity contribution in [3.8, 4) is 17.2 Å². The summed E-state index contributed by atoms with van der Waals surface area (Å²) in [6.07, 6.45) is 3.38. The van der Waals surface area contributed by atoms with Gasteiger partial charge in [-0.15, -0.1) is 0 Å². The molecule has 0 aliphatic rings. The van der Waals surface area contributed by atoms with Gasteiger partial charge in [-0.05, 0) is 51.0 Å². The van der Waals surface area contributed by atoms with Gasteiger partial charge in [0.1, 0.15) is 17.2 Å². The van der Waals surface area contributed by atoms with Gasteiger partial charge >= 0.3 is 16.8 Å². The molecule has 245 valence electrons. The molecule has 0 atom stereocenters. The number of carbonyl (C=O) groups is 2. The zero-order valence-electron chi connectivity index (χ0n) is 27.9. The molecule has 0 bridgehead atoms. The minimum atomic E-state index is -1.57. The molecule has 1 radical (unpaired) electrons. The minimum absolute atomic E-state index is 0. The van der Waals surface area contributed by atoms with E-state index in [4.69, 9.17) is 34.5 Å². The average Bonchev–Trinajstić information content (AvgIpc) is 2.88. The number of rotatable bonds is 7. The van der Waals surface area contributed by atoms with Crippen LogP contribution >= 0.6 is 0 Å². The van der Waals surface area contributed by atoms with Gasteiger partial charge < -0.3 is 34.8 Å². The van der Waals surface area contributed by atoms with Crippen LogP contribution in [0.1, 0.15) is 36.1 Å². The maximum Gasteiger partial charge on any atom is 2.00 e. The van der Waals surface area contributed by atoms with Gasteiger partial charge in [0.15, 0.2) is 0 Å². The van der Waals surface area contributed by atoms with Crippen LogP contribution < -0.4 is 25.3 Å². The molecule has 0 aromatic heterocycles. The number of hydrogen-bond acceptors (Lipinski definition) is 9. The van der Waals surface area contributed by atoms with E-state index in [1.165, 1.54) is 10.4 Å². The fourth-order valence-electron chi connectivity index (χ4n) is 3.80. The number of aliphatic imine (C=N–C) groups is 2. The summed E-state index contributed by atoms with van der Waals surface area (Å²) in [5, 5.41) is 41.7. The van der Waals surface area contributed by atoms with Crippen LogP contribution in [0.15, 0.2) is 52.4 Å². The zero-order valence-corrected chi connectivity index (χ0v) is 30.9. The molecule has 3 aromatic rings. The van der Waals surface area contributed by atoms with Gasteiger partial charge in [-0.3, -0.25) is 9.98 Å². The molecule has 0 amide bonds. The first-order valence-electron chi connectivity index (χ1n) is 14.0. The Morgan fingerprint density at radius 1 is 0.711 bits per heavy atom. The van der Waals surface area contributed by atoms with Crippen molar-refractivity contribution in [2.24, 2.45) is 9.98 Å². The first-order valence-corrected chi connectivity index (χ1v) is 21.0. The topological polar surface area (TPSA) is 155 Å². The molecular weight excluding hydrogens is 651 g/mol.